The van der Waals surface area contributed by atoms with Crippen molar-refractivity contribution in [2.75, 3.05) is 12.3 Å². The summed E-state index contributed by atoms with van der Waals surface area (Å²) in [6.45, 7) is 8.52. The number of nitrogens with two attached hydrogens (primary N) is 1. The van der Waals surface area contributed by atoms with Crippen LogP contribution in [0, 0.1) is 13.8 Å². The first-order valence-electron chi connectivity index (χ1n) is 10.6. The standard InChI is InChI=1S/C22H24N8O3S/c1-5-10-32-16-8-6-15(7-9-16)19-18(25-29-30(19)21-20(23)27-33-28-21)22(31)26-24-13(3)17-11-12(2)34-14(17)4/h6-9,11H,5,10H2,1-4H3,(H2,23,27)(H,26,31). The van der Waals surface area contributed by atoms with E-state index in [-0.39, 0.29) is 17.3 Å². The Kier molecular flexibility index (Phi) is 6.68. The van der Waals surface area contributed by atoms with Crippen LogP contribution in [0.25, 0.3) is 17.1 Å². The highest BCUT2D eigenvalue weighted by molar-refractivity contribution is 7.12. The molecule has 1 aromatic carbocycles. The predicted octanol–water partition coefficient (Wildman–Crippen LogP) is 3.52. The van der Waals surface area contributed by atoms with Gasteiger partial charge in [0, 0.05) is 20.9 Å². The topological polar surface area (TPSA) is 146 Å². The lowest BCUT2D eigenvalue weighted by Gasteiger charge is -2.08. The second-order valence-corrected chi connectivity index (χ2v) is 8.97. The van der Waals surface area contributed by atoms with E-state index >= 15 is 0 Å². The van der Waals surface area contributed by atoms with E-state index in [1.807, 2.05) is 33.8 Å². The van der Waals surface area contributed by atoms with Gasteiger partial charge in [-0.15, -0.1) is 16.4 Å². The fraction of sp³-hybridized carbons (Fsp3) is 0.273. The van der Waals surface area contributed by atoms with Crippen molar-refractivity contribution in [3.05, 3.63) is 51.3 Å². The molecule has 34 heavy (non-hydrogen) atoms. The largest absolute Gasteiger partial charge is 0.494 e. The monoisotopic (exact) mass is 480 g/mol. The molecule has 0 saturated carbocycles. The molecule has 3 N–H and O–H groups in total. The first-order valence-corrected chi connectivity index (χ1v) is 11.4. The van der Waals surface area contributed by atoms with E-state index in [0.29, 0.717) is 29.3 Å². The Morgan fingerprint density at radius 3 is 2.65 bits per heavy atom. The van der Waals surface area contributed by atoms with E-state index in [0.717, 1.165) is 16.9 Å². The van der Waals surface area contributed by atoms with Crippen LogP contribution in [0.5, 0.6) is 5.75 Å². The molecule has 3 aromatic heterocycles. The third kappa shape index (κ3) is 4.66. The van der Waals surface area contributed by atoms with Crippen LogP contribution in [-0.4, -0.2) is 43.5 Å². The highest BCUT2D eigenvalue weighted by Crippen LogP contribution is 2.28. The van der Waals surface area contributed by atoms with Gasteiger partial charge in [0.05, 0.1) is 12.3 Å². The van der Waals surface area contributed by atoms with Gasteiger partial charge in [0.2, 0.25) is 11.6 Å². The molecule has 1 amide bonds. The maximum Gasteiger partial charge on any atom is 0.294 e. The lowest BCUT2D eigenvalue weighted by molar-refractivity contribution is 0.0950. The smallest absolute Gasteiger partial charge is 0.294 e. The van der Waals surface area contributed by atoms with Gasteiger partial charge < -0.3 is 10.5 Å². The molecular weight excluding hydrogens is 456 g/mol. The van der Waals surface area contributed by atoms with Crippen LogP contribution >= 0.6 is 11.3 Å². The van der Waals surface area contributed by atoms with E-state index in [2.05, 4.69) is 31.2 Å². The van der Waals surface area contributed by atoms with Gasteiger partial charge in [-0.2, -0.15) is 9.78 Å². The summed E-state index contributed by atoms with van der Waals surface area (Å²) in [5.41, 5.74) is 11.2. The molecule has 3 heterocycles. The van der Waals surface area contributed by atoms with E-state index in [1.54, 1.807) is 35.6 Å². The van der Waals surface area contributed by atoms with Gasteiger partial charge in [0.1, 0.15) is 11.4 Å². The van der Waals surface area contributed by atoms with Crippen molar-refractivity contribution in [1.82, 2.24) is 30.7 Å². The number of nitrogens with one attached hydrogen (secondary N) is 1. The van der Waals surface area contributed by atoms with Crippen molar-refractivity contribution in [2.45, 2.75) is 34.1 Å². The maximum atomic E-state index is 13.1. The van der Waals surface area contributed by atoms with Gasteiger partial charge in [-0.05, 0) is 67.8 Å². The normalized spacial score (nSPS) is 11.6. The number of carbonyl (C=O) groups excluding carboxylic acids is 1. The Labute approximate surface area is 199 Å². The zero-order valence-corrected chi connectivity index (χ0v) is 20.0. The highest BCUT2D eigenvalue weighted by atomic mass is 32.1. The minimum Gasteiger partial charge on any atom is -0.494 e. The minimum absolute atomic E-state index is 0.0122. The Balaban J connectivity index is 1.69. The molecule has 0 spiro atoms. The summed E-state index contributed by atoms with van der Waals surface area (Å²) in [5, 5.41) is 19.8. The van der Waals surface area contributed by atoms with Crippen LogP contribution in [0.4, 0.5) is 5.82 Å². The summed E-state index contributed by atoms with van der Waals surface area (Å²) in [6.07, 6.45) is 0.894. The minimum atomic E-state index is -0.536. The molecule has 4 rings (SSSR count). The number of anilines is 1. The number of benzene rings is 1. The van der Waals surface area contributed by atoms with Crippen molar-refractivity contribution in [3.8, 4) is 22.8 Å². The summed E-state index contributed by atoms with van der Waals surface area (Å²) < 4.78 is 11.7. The van der Waals surface area contributed by atoms with Gasteiger partial charge in [-0.1, -0.05) is 12.1 Å². The third-order valence-corrected chi connectivity index (χ3v) is 5.90. The Hall–Kier alpha value is -4.06. The number of carbonyl (C=O) groups is 1. The molecule has 12 heteroatoms. The number of nitrogens with zero attached hydrogens (tertiary/aromatic N) is 6. The van der Waals surface area contributed by atoms with E-state index in [4.69, 9.17) is 15.1 Å². The van der Waals surface area contributed by atoms with Crippen LogP contribution in [0.1, 0.15) is 46.1 Å². The van der Waals surface area contributed by atoms with Gasteiger partial charge in [-0.3, -0.25) is 4.79 Å². The number of aryl methyl sites for hydroxylation is 2. The van der Waals surface area contributed by atoms with Gasteiger partial charge >= 0.3 is 0 Å². The number of hydrazone groups is 1. The zero-order valence-electron chi connectivity index (χ0n) is 19.2. The second-order valence-electron chi connectivity index (χ2n) is 7.51. The number of rotatable bonds is 8. The molecule has 0 saturated heterocycles. The molecule has 0 radical (unpaired) electrons. The lowest BCUT2D eigenvalue weighted by atomic mass is 10.1. The van der Waals surface area contributed by atoms with Crippen molar-refractivity contribution in [1.29, 1.82) is 0 Å². The summed E-state index contributed by atoms with van der Waals surface area (Å²) in [5.74, 6) is 0.307. The third-order valence-electron chi connectivity index (χ3n) is 4.94. The first-order chi connectivity index (χ1) is 16.4. The van der Waals surface area contributed by atoms with Gasteiger partial charge in [0.25, 0.3) is 5.91 Å². The maximum absolute atomic E-state index is 13.1. The molecule has 4 aromatic rings. The van der Waals surface area contributed by atoms with E-state index < -0.39 is 5.91 Å². The van der Waals surface area contributed by atoms with Crippen molar-refractivity contribution >= 4 is 28.8 Å². The molecule has 0 fully saturated rings. The predicted molar refractivity (Wildman–Crippen MR) is 128 cm³/mol. The van der Waals surface area contributed by atoms with Gasteiger partial charge in [0.15, 0.2) is 5.69 Å². The summed E-state index contributed by atoms with van der Waals surface area (Å²) >= 11 is 1.67. The summed E-state index contributed by atoms with van der Waals surface area (Å²) in [7, 11) is 0. The summed E-state index contributed by atoms with van der Waals surface area (Å²) in [6, 6.07) is 9.24. The van der Waals surface area contributed by atoms with Crippen molar-refractivity contribution in [3.63, 3.8) is 0 Å². The first kappa shape index (κ1) is 23.1. The van der Waals surface area contributed by atoms with E-state index in [1.165, 1.54) is 9.56 Å². The molecule has 0 aliphatic carbocycles. The van der Waals surface area contributed by atoms with Crippen molar-refractivity contribution < 1.29 is 14.2 Å². The Morgan fingerprint density at radius 2 is 2.03 bits per heavy atom. The van der Waals surface area contributed by atoms with Crippen LogP contribution in [0.15, 0.2) is 40.1 Å². The number of hydrogen-bond donors (Lipinski definition) is 2. The zero-order chi connectivity index (χ0) is 24.2. The quantitative estimate of drug-likeness (QED) is 0.288. The van der Waals surface area contributed by atoms with Gasteiger partial charge in [-0.25, -0.2) is 10.1 Å². The Morgan fingerprint density at radius 1 is 1.26 bits per heavy atom. The molecule has 11 nitrogen and oxygen atoms in total. The van der Waals surface area contributed by atoms with Crippen molar-refractivity contribution in [2.24, 2.45) is 5.10 Å². The lowest BCUT2D eigenvalue weighted by Crippen LogP contribution is -2.21. The molecule has 176 valence electrons. The number of amides is 1. The number of ether oxygens (including phenoxy) is 1. The molecule has 0 aliphatic rings. The number of nitrogen functional groups attached to an aromatic ring is 1. The fourth-order valence-corrected chi connectivity index (χ4v) is 4.32. The van der Waals surface area contributed by atoms with Crippen LogP contribution in [-0.2, 0) is 0 Å². The van der Waals surface area contributed by atoms with Crippen LogP contribution in [0.3, 0.4) is 0 Å². The average Bonchev–Trinajstić information content (AvgIpc) is 3.53. The summed E-state index contributed by atoms with van der Waals surface area (Å²) in [4.78, 5) is 15.4. The molecule has 0 atom stereocenters. The van der Waals surface area contributed by atoms with E-state index in [9.17, 15) is 4.79 Å². The number of aromatic nitrogens is 5. The number of thiophene rings is 1. The Bertz CT molecular complexity index is 1340. The average molecular weight is 481 g/mol. The SMILES string of the molecule is CCCOc1ccc(-c2c(C(=O)NN=C(C)c3cc(C)sc3C)nnn2-c2nonc2N)cc1. The molecule has 0 unspecified atom stereocenters. The fourth-order valence-electron chi connectivity index (χ4n) is 3.35. The second kappa shape index (κ2) is 9.83. The molecule has 0 aliphatic heterocycles. The molecule has 0 bridgehead atoms. The molecular formula is C22H24N8O3S. The number of hydrogen-bond acceptors (Lipinski definition) is 10. The van der Waals surface area contributed by atoms with Crippen LogP contribution in [0.2, 0.25) is 0 Å². The van der Waals surface area contributed by atoms with Crippen LogP contribution < -0.4 is 15.9 Å². The highest BCUT2D eigenvalue weighted by Gasteiger charge is 2.25.